The molecule has 2 rings (SSSR count). The van der Waals surface area contributed by atoms with Crippen molar-refractivity contribution in [2.24, 2.45) is 5.73 Å². The van der Waals surface area contributed by atoms with E-state index in [0.717, 1.165) is 12.1 Å². The van der Waals surface area contributed by atoms with Crippen LogP contribution in [0.3, 0.4) is 0 Å². The van der Waals surface area contributed by atoms with E-state index < -0.39 is 17.5 Å². The minimum atomic E-state index is -1.50. The second-order valence-electron chi connectivity index (χ2n) is 3.64. The van der Waals surface area contributed by atoms with Crippen LogP contribution in [0.15, 0.2) is 12.1 Å². The van der Waals surface area contributed by atoms with Crippen molar-refractivity contribution in [3.05, 3.63) is 35.4 Å². The van der Waals surface area contributed by atoms with Crippen molar-refractivity contribution in [2.45, 2.75) is 20.0 Å². The molecule has 96 valence electrons. The lowest BCUT2D eigenvalue weighted by atomic mass is 10.2. The van der Waals surface area contributed by atoms with Gasteiger partial charge in [-0.1, -0.05) is 0 Å². The molecule has 1 aromatic carbocycles. The highest BCUT2D eigenvalue weighted by Gasteiger charge is 2.16. The average Bonchev–Trinajstić information content (AvgIpc) is 2.77. The van der Waals surface area contributed by atoms with E-state index in [1.54, 1.807) is 4.57 Å². The standard InChI is InChI=1S/C11H11F3N4/c1-2-18-9(5-15)16-17-11(18)6-3-7(12)10(14)8(13)4-6/h3-4H,2,5,15H2,1H3. The molecule has 0 aliphatic carbocycles. The Kier molecular flexibility index (Phi) is 3.33. The summed E-state index contributed by atoms with van der Waals surface area (Å²) in [5, 5.41) is 7.63. The van der Waals surface area contributed by atoms with Gasteiger partial charge >= 0.3 is 0 Å². The third kappa shape index (κ3) is 1.97. The fourth-order valence-corrected chi connectivity index (χ4v) is 1.72. The van der Waals surface area contributed by atoms with Crippen LogP contribution >= 0.6 is 0 Å². The van der Waals surface area contributed by atoms with E-state index in [2.05, 4.69) is 10.2 Å². The molecule has 0 aliphatic heterocycles. The molecular formula is C11H11F3N4. The van der Waals surface area contributed by atoms with Gasteiger partial charge in [0, 0.05) is 12.1 Å². The first-order chi connectivity index (χ1) is 8.58. The van der Waals surface area contributed by atoms with E-state index in [1.807, 2.05) is 6.92 Å². The Morgan fingerprint density at radius 2 is 1.78 bits per heavy atom. The van der Waals surface area contributed by atoms with Gasteiger partial charge in [0.25, 0.3) is 0 Å². The van der Waals surface area contributed by atoms with Gasteiger partial charge in [-0.3, -0.25) is 0 Å². The second kappa shape index (κ2) is 4.77. The van der Waals surface area contributed by atoms with Gasteiger partial charge in [-0.2, -0.15) is 0 Å². The lowest BCUT2D eigenvalue weighted by Gasteiger charge is -2.07. The summed E-state index contributed by atoms with van der Waals surface area (Å²) < 4.78 is 40.8. The Hall–Kier alpha value is -1.89. The number of hydrogen-bond acceptors (Lipinski definition) is 3. The van der Waals surface area contributed by atoms with Crippen LogP contribution in [0.2, 0.25) is 0 Å². The van der Waals surface area contributed by atoms with Crippen molar-refractivity contribution in [3.8, 4) is 11.4 Å². The summed E-state index contributed by atoms with van der Waals surface area (Å²) in [5.41, 5.74) is 5.60. The van der Waals surface area contributed by atoms with Gasteiger partial charge in [-0.25, -0.2) is 13.2 Å². The summed E-state index contributed by atoms with van der Waals surface area (Å²) in [4.78, 5) is 0. The molecule has 0 radical (unpaired) electrons. The number of aromatic nitrogens is 3. The van der Waals surface area contributed by atoms with Crippen LogP contribution in [0.25, 0.3) is 11.4 Å². The molecule has 0 atom stereocenters. The Bertz CT molecular complexity index is 557. The molecule has 0 aliphatic rings. The van der Waals surface area contributed by atoms with Crippen LogP contribution < -0.4 is 5.73 Å². The zero-order chi connectivity index (χ0) is 13.3. The number of nitrogens with two attached hydrogens (primary N) is 1. The zero-order valence-corrected chi connectivity index (χ0v) is 9.62. The molecule has 1 heterocycles. The molecule has 0 saturated carbocycles. The first-order valence-corrected chi connectivity index (χ1v) is 5.35. The van der Waals surface area contributed by atoms with Crippen molar-refractivity contribution < 1.29 is 13.2 Å². The molecule has 2 N–H and O–H groups in total. The third-order valence-corrected chi connectivity index (χ3v) is 2.57. The minimum absolute atomic E-state index is 0.125. The largest absolute Gasteiger partial charge is 0.324 e. The Morgan fingerprint density at radius 1 is 1.17 bits per heavy atom. The zero-order valence-electron chi connectivity index (χ0n) is 9.62. The van der Waals surface area contributed by atoms with Crippen LogP contribution in [0, 0.1) is 17.5 Å². The molecule has 0 amide bonds. The minimum Gasteiger partial charge on any atom is -0.324 e. The summed E-state index contributed by atoms with van der Waals surface area (Å²) >= 11 is 0. The Labute approximate surface area is 101 Å². The molecule has 2 aromatic rings. The summed E-state index contributed by atoms with van der Waals surface area (Å²) in [6, 6.07) is 1.77. The highest BCUT2D eigenvalue weighted by Crippen LogP contribution is 2.23. The molecular weight excluding hydrogens is 245 g/mol. The fourth-order valence-electron chi connectivity index (χ4n) is 1.72. The summed E-state index contributed by atoms with van der Waals surface area (Å²) in [5.74, 6) is -3.26. The van der Waals surface area contributed by atoms with Gasteiger partial charge in [0.15, 0.2) is 23.3 Å². The van der Waals surface area contributed by atoms with Crippen LogP contribution in [0.1, 0.15) is 12.7 Å². The van der Waals surface area contributed by atoms with Crippen molar-refractivity contribution in [1.82, 2.24) is 14.8 Å². The highest BCUT2D eigenvalue weighted by atomic mass is 19.2. The molecule has 1 aromatic heterocycles. The van der Waals surface area contributed by atoms with Gasteiger partial charge in [0.2, 0.25) is 0 Å². The van der Waals surface area contributed by atoms with Crippen LogP contribution in [-0.4, -0.2) is 14.8 Å². The van der Waals surface area contributed by atoms with Crippen molar-refractivity contribution >= 4 is 0 Å². The van der Waals surface area contributed by atoms with E-state index in [1.165, 1.54) is 0 Å². The lowest BCUT2D eigenvalue weighted by molar-refractivity contribution is 0.447. The number of nitrogens with zero attached hydrogens (tertiary/aromatic N) is 3. The maximum Gasteiger partial charge on any atom is 0.194 e. The van der Waals surface area contributed by atoms with E-state index in [9.17, 15) is 13.2 Å². The maximum atomic E-state index is 13.2. The van der Waals surface area contributed by atoms with Gasteiger partial charge in [0.1, 0.15) is 5.82 Å². The predicted octanol–water partition coefficient (Wildman–Crippen LogP) is 1.84. The molecule has 0 unspecified atom stereocenters. The number of rotatable bonds is 3. The topological polar surface area (TPSA) is 56.7 Å². The quantitative estimate of drug-likeness (QED) is 0.852. The first kappa shape index (κ1) is 12.6. The molecule has 4 nitrogen and oxygen atoms in total. The van der Waals surface area contributed by atoms with Gasteiger partial charge in [0.05, 0.1) is 6.54 Å². The van der Waals surface area contributed by atoms with Crippen LogP contribution in [-0.2, 0) is 13.1 Å². The molecule has 18 heavy (non-hydrogen) atoms. The highest BCUT2D eigenvalue weighted by molar-refractivity contribution is 5.55. The predicted molar refractivity (Wildman–Crippen MR) is 58.9 cm³/mol. The van der Waals surface area contributed by atoms with E-state index >= 15 is 0 Å². The molecule has 0 spiro atoms. The number of benzene rings is 1. The van der Waals surface area contributed by atoms with Gasteiger partial charge in [-0.15, -0.1) is 10.2 Å². The molecule has 7 heteroatoms. The van der Waals surface area contributed by atoms with Crippen molar-refractivity contribution in [1.29, 1.82) is 0 Å². The average molecular weight is 256 g/mol. The van der Waals surface area contributed by atoms with Crippen LogP contribution in [0.5, 0.6) is 0 Å². The lowest BCUT2D eigenvalue weighted by Crippen LogP contribution is -2.08. The normalized spacial score (nSPS) is 10.9. The maximum absolute atomic E-state index is 13.2. The molecule has 0 fully saturated rings. The Balaban J connectivity index is 2.58. The number of halogens is 3. The fraction of sp³-hybridized carbons (Fsp3) is 0.273. The third-order valence-electron chi connectivity index (χ3n) is 2.57. The van der Waals surface area contributed by atoms with E-state index in [-0.39, 0.29) is 17.9 Å². The second-order valence-corrected chi connectivity index (χ2v) is 3.64. The molecule has 0 bridgehead atoms. The van der Waals surface area contributed by atoms with Crippen molar-refractivity contribution in [3.63, 3.8) is 0 Å². The SMILES string of the molecule is CCn1c(CN)nnc1-c1cc(F)c(F)c(F)c1. The van der Waals surface area contributed by atoms with E-state index in [4.69, 9.17) is 5.73 Å². The van der Waals surface area contributed by atoms with Gasteiger partial charge in [-0.05, 0) is 19.1 Å². The Morgan fingerprint density at radius 3 is 2.28 bits per heavy atom. The summed E-state index contributed by atoms with van der Waals surface area (Å²) in [7, 11) is 0. The summed E-state index contributed by atoms with van der Waals surface area (Å²) in [6.45, 7) is 2.48. The summed E-state index contributed by atoms with van der Waals surface area (Å²) in [6.07, 6.45) is 0. The van der Waals surface area contributed by atoms with Crippen LogP contribution in [0.4, 0.5) is 13.2 Å². The number of hydrogen-bond donors (Lipinski definition) is 1. The van der Waals surface area contributed by atoms with Crippen molar-refractivity contribution in [2.75, 3.05) is 0 Å². The molecule has 0 saturated heterocycles. The first-order valence-electron chi connectivity index (χ1n) is 5.35. The van der Waals surface area contributed by atoms with Gasteiger partial charge < -0.3 is 10.3 Å². The monoisotopic (exact) mass is 256 g/mol. The van der Waals surface area contributed by atoms with E-state index in [0.29, 0.717) is 12.4 Å². The smallest absolute Gasteiger partial charge is 0.194 e.